The van der Waals surface area contributed by atoms with Gasteiger partial charge in [-0.1, -0.05) is 30.3 Å². The standard InChI is InChI=1S/C26H23FN2O5S/c1-2-33-26(30)22(16-17-6-4-3-5-7-17)25-29-23(18-8-12-20(27)13-9-18)24(34-25)19-10-14-21(15-11-19)35(28,31)32/h3-15,22H,2,16H2,1H3,(H2,28,31,32). The lowest BCUT2D eigenvalue weighted by atomic mass is 9.99. The summed E-state index contributed by atoms with van der Waals surface area (Å²) in [7, 11) is -3.88. The molecule has 0 radical (unpaired) electrons. The Hall–Kier alpha value is -3.82. The van der Waals surface area contributed by atoms with Crippen molar-refractivity contribution in [3.8, 4) is 22.6 Å². The van der Waals surface area contributed by atoms with E-state index in [0.29, 0.717) is 29.0 Å². The fourth-order valence-electron chi connectivity index (χ4n) is 3.64. The number of carbonyl (C=O) groups excluding carboxylic acids is 1. The molecule has 0 aliphatic heterocycles. The van der Waals surface area contributed by atoms with Gasteiger partial charge in [0, 0.05) is 11.1 Å². The Balaban J connectivity index is 1.83. The molecule has 3 aromatic carbocycles. The van der Waals surface area contributed by atoms with E-state index in [-0.39, 0.29) is 17.4 Å². The second-order valence-electron chi connectivity index (χ2n) is 7.80. The lowest BCUT2D eigenvalue weighted by Crippen LogP contribution is -2.18. The molecule has 180 valence electrons. The number of aromatic nitrogens is 1. The number of nitrogens with zero attached hydrogens (tertiary/aromatic N) is 1. The second kappa shape index (κ2) is 10.2. The van der Waals surface area contributed by atoms with Crippen LogP contribution in [0.4, 0.5) is 4.39 Å². The molecule has 0 aliphatic rings. The molecule has 0 saturated heterocycles. The summed E-state index contributed by atoms with van der Waals surface area (Å²) >= 11 is 0. The van der Waals surface area contributed by atoms with Gasteiger partial charge in [0.2, 0.25) is 15.9 Å². The average Bonchev–Trinajstić information content (AvgIpc) is 3.28. The highest BCUT2D eigenvalue weighted by molar-refractivity contribution is 7.89. The van der Waals surface area contributed by atoms with Crippen molar-refractivity contribution in [2.45, 2.75) is 24.2 Å². The first-order valence-corrected chi connectivity index (χ1v) is 12.4. The Morgan fingerprint density at radius 2 is 1.63 bits per heavy atom. The van der Waals surface area contributed by atoms with Crippen molar-refractivity contribution in [1.82, 2.24) is 4.98 Å². The predicted octanol–water partition coefficient (Wildman–Crippen LogP) is 4.68. The third-order valence-electron chi connectivity index (χ3n) is 5.36. The van der Waals surface area contributed by atoms with Crippen LogP contribution in [-0.2, 0) is 26.0 Å². The molecule has 4 rings (SSSR count). The normalized spacial score (nSPS) is 12.3. The molecule has 4 aromatic rings. The van der Waals surface area contributed by atoms with Gasteiger partial charge in [0.05, 0.1) is 11.5 Å². The summed E-state index contributed by atoms with van der Waals surface area (Å²) in [6.45, 7) is 1.91. The van der Waals surface area contributed by atoms with Crippen molar-refractivity contribution in [3.63, 3.8) is 0 Å². The van der Waals surface area contributed by atoms with Gasteiger partial charge in [-0.15, -0.1) is 0 Å². The third-order valence-corrected chi connectivity index (χ3v) is 6.29. The smallest absolute Gasteiger partial charge is 0.318 e. The maximum absolute atomic E-state index is 13.6. The van der Waals surface area contributed by atoms with Gasteiger partial charge in [-0.25, -0.2) is 22.9 Å². The average molecular weight is 495 g/mol. The second-order valence-corrected chi connectivity index (χ2v) is 9.36. The fraction of sp³-hybridized carbons (Fsp3) is 0.154. The largest absolute Gasteiger partial charge is 0.465 e. The number of hydrogen-bond acceptors (Lipinski definition) is 6. The fourth-order valence-corrected chi connectivity index (χ4v) is 4.16. The first kappa shape index (κ1) is 24.3. The highest BCUT2D eigenvalue weighted by Crippen LogP contribution is 2.36. The Morgan fingerprint density at radius 1 is 1.00 bits per heavy atom. The maximum atomic E-state index is 13.6. The van der Waals surface area contributed by atoms with E-state index in [0.717, 1.165) is 5.56 Å². The van der Waals surface area contributed by atoms with Crippen molar-refractivity contribution in [1.29, 1.82) is 0 Å². The number of hydrogen-bond donors (Lipinski definition) is 1. The minimum Gasteiger partial charge on any atom is -0.465 e. The highest BCUT2D eigenvalue weighted by Gasteiger charge is 2.30. The number of primary sulfonamides is 1. The van der Waals surface area contributed by atoms with Gasteiger partial charge in [-0.3, -0.25) is 4.79 Å². The molecule has 2 N–H and O–H groups in total. The van der Waals surface area contributed by atoms with Crippen LogP contribution in [0.15, 0.2) is 88.2 Å². The summed E-state index contributed by atoms with van der Waals surface area (Å²) < 4.78 is 48.3. The van der Waals surface area contributed by atoms with Crippen LogP contribution in [0.5, 0.6) is 0 Å². The van der Waals surface area contributed by atoms with Gasteiger partial charge < -0.3 is 9.15 Å². The number of sulfonamides is 1. The molecular weight excluding hydrogens is 471 g/mol. The van der Waals surface area contributed by atoms with Crippen molar-refractivity contribution < 1.29 is 26.8 Å². The summed E-state index contributed by atoms with van der Waals surface area (Å²) in [6.07, 6.45) is 0.298. The predicted molar refractivity (Wildman–Crippen MR) is 128 cm³/mol. The molecule has 0 bridgehead atoms. The monoisotopic (exact) mass is 494 g/mol. The number of ether oxygens (including phenoxy) is 1. The zero-order valence-electron chi connectivity index (χ0n) is 18.8. The van der Waals surface area contributed by atoms with Crippen LogP contribution in [-0.4, -0.2) is 26.0 Å². The van der Waals surface area contributed by atoms with Crippen molar-refractivity contribution in [3.05, 3.63) is 96.1 Å². The van der Waals surface area contributed by atoms with Gasteiger partial charge in [0.1, 0.15) is 17.4 Å². The van der Waals surface area contributed by atoms with E-state index in [1.165, 1.54) is 36.4 Å². The first-order valence-electron chi connectivity index (χ1n) is 10.9. The molecule has 1 heterocycles. The van der Waals surface area contributed by atoms with Crippen molar-refractivity contribution in [2.24, 2.45) is 5.14 Å². The Labute approximate surface area is 202 Å². The maximum Gasteiger partial charge on any atom is 0.318 e. The SMILES string of the molecule is CCOC(=O)C(Cc1ccccc1)c1nc(-c2ccc(F)cc2)c(-c2ccc(S(N)(=O)=O)cc2)o1. The minimum atomic E-state index is -3.88. The van der Waals surface area contributed by atoms with Crippen LogP contribution in [0.2, 0.25) is 0 Å². The first-order chi connectivity index (χ1) is 16.8. The highest BCUT2D eigenvalue weighted by atomic mass is 32.2. The Bertz CT molecular complexity index is 1420. The number of esters is 1. The number of benzene rings is 3. The van der Waals surface area contributed by atoms with E-state index in [9.17, 15) is 17.6 Å². The van der Waals surface area contributed by atoms with Gasteiger partial charge in [0.25, 0.3) is 0 Å². The molecule has 0 fully saturated rings. The van der Waals surface area contributed by atoms with Gasteiger partial charge in [-0.05, 0) is 67.4 Å². The number of oxazole rings is 1. The molecule has 0 spiro atoms. The molecule has 0 aliphatic carbocycles. The van der Waals surface area contributed by atoms with Crippen LogP contribution in [0, 0.1) is 5.82 Å². The molecule has 1 unspecified atom stereocenters. The third kappa shape index (κ3) is 5.64. The summed E-state index contributed by atoms with van der Waals surface area (Å²) in [5.41, 5.74) is 2.35. The molecule has 7 nitrogen and oxygen atoms in total. The lowest BCUT2D eigenvalue weighted by molar-refractivity contribution is -0.145. The molecular formula is C26H23FN2O5S. The molecule has 0 amide bonds. The summed E-state index contributed by atoms with van der Waals surface area (Å²) in [6, 6.07) is 20.9. The van der Waals surface area contributed by atoms with Gasteiger partial charge >= 0.3 is 5.97 Å². The summed E-state index contributed by atoms with van der Waals surface area (Å²) in [4.78, 5) is 17.5. The topological polar surface area (TPSA) is 112 Å². The lowest BCUT2D eigenvalue weighted by Gasteiger charge is -2.12. The number of rotatable bonds is 8. The van der Waals surface area contributed by atoms with E-state index in [1.807, 2.05) is 30.3 Å². The zero-order valence-corrected chi connectivity index (χ0v) is 19.7. The molecule has 1 aromatic heterocycles. The number of halogens is 1. The Morgan fingerprint density at radius 3 is 2.23 bits per heavy atom. The molecule has 1 atom stereocenters. The quantitative estimate of drug-likeness (QED) is 0.356. The summed E-state index contributed by atoms with van der Waals surface area (Å²) in [5.74, 6) is -1.29. The number of nitrogens with two attached hydrogens (primary N) is 1. The van der Waals surface area contributed by atoms with Crippen LogP contribution in [0.1, 0.15) is 24.3 Å². The zero-order chi connectivity index (χ0) is 25.0. The molecule has 0 saturated carbocycles. The minimum absolute atomic E-state index is 0.0576. The molecule has 35 heavy (non-hydrogen) atoms. The van der Waals surface area contributed by atoms with E-state index in [2.05, 4.69) is 4.98 Å². The van der Waals surface area contributed by atoms with Crippen molar-refractivity contribution >= 4 is 16.0 Å². The van der Waals surface area contributed by atoms with Crippen LogP contribution >= 0.6 is 0 Å². The van der Waals surface area contributed by atoms with Gasteiger partial charge in [-0.2, -0.15) is 0 Å². The van der Waals surface area contributed by atoms with Crippen LogP contribution in [0.3, 0.4) is 0 Å². The Kier molecular flexibility index (Phi) is 7.09. The van der Waals surface area contributed by atoms with Crippen LogP contribution in [0.25, 0.3) is 22.6 Å². The van der Waals surface area contributed by atoms with E-state index >= 15 is 0 Å². The van der Waals surface area contributed by atoms with E-state index < -0.39 is 27.7 Å². The summed E-state index contributed by atoms with van der Waals surface area (Å²) in [5, 5.41) is 5.21. The molecule has 9 heteroatoms. The van der Waals surface area contributed by atoms with E-state index in [4.69, 9.17) is 14.3 Å². The van der Waals surface area contributed by atoms with Crippen molar-refractivity contribution in [2.75, 3.05) is 6.61 Å². The van der Waals surface area contributed by atoms with E-state index in [1.54, 1.807) is 19.1 Å². The number of carbonyl (C=O) groups is 1. The van der Waals surface area contributed by atoms with Crippen LogP contribution < -0.4 is 5.14 Å². The van der Waals surface area contributed by atoms with Gasteiger partial charge in [0.15, 0.2) is 5.76 Å².